The Morgan fingerprint density at radius 1 is 1.19 bits per heavy atom. The number of nitrogens with zero attached hydrogens (tertiary/aromatic N) is 1. The summed E-state index contributed by atoms with van der Waals surface area (Å²) in [5.74, 6) is 0.276. The van der Waals surface area contributed by atoms with Gasteiger partial charge in [-0.15, -0.1) is 0 Å². The van der Waals surface area contributed by atoms with Gasteiger partial charge in [-0.1, -0.05) is 48.9 Å². The molecule has 1 heterocycles. The molecule has 0 bridgehead atoms. The molecule has 6 heteroatoms. The van der Waals surface area contributed by atoms with E-state index in [-0.39, 0.29) is 16.0 Å². The molecule has 0 spiro atoms. The number of nitrogens with one attached hydrogen (secondary N) is 1. The molecule has 0 saturated heterocycles. The largest absolute Gasteiger partial charge is 0.243 e. The Labute approximate surface area is 130 Å². The molecule has 1 atom stereocenters. The lowest BCUT2D eigenvalue weighted by Gasteiger charge is -2.13. The SMILES string of the molecule is CC(CCNS(=O)(=O)c1cccnc1Cl)c1ccccc1. The summed E-state index contributed by atoms with van der Waals surface area (Å²) < 4.78 is 26.8. The highest BCUT2D eigenvalue weighted by molar-refractivity contribution is 7.89. The first kappa shape index (κ1) is 15.9. The van der Waals surface area contributed by atoms with Crippen molar-refractivity contribution in [2.24, 2.45) is 0 Å². The Bertz CT molecular complexity index is 690. The van der Waals surface area contributed by atoms with Crippen LogP contribution in [-0.4, -0.2) is 19.9 Å². The van der Waals surface area contributed by atoms with E-state index in [0.29, 0.717) is 13.0 Å². The summed E-state index contributed by atoms with van der Waals surface area (Å²) in [6.45, 7) is 2.42. The predicted octanol–water partition coefficient (Wildman–Crippen LogP) is 3.21. The van der Waals surface area contributed by atoms with E-state index < -0.39 is 10.0 Å². The van der Waals surface area contributed by atoms with E-state index in [1.807, 2.05) is 30.3 Å². The molecular weight excluding hydrogens is 308 g/mol. The lowest BCUT2D eigenvalue weighted by Crippen LogP contribution is -2.26. The highest BCUT2D eigenvalue weighted by Gasteiger charge is 2.18. The Kier molecular flexibility index (Phi) is 5.33. The molecule has 112 valence electrons. The number of rotatable bonds is 6. The van der Waals surface area contributed by atoms with Crippen LogP contribution in [0.3, 0.4) is 0 Å². The van der Waals surface area contributed by atoms with Gasteiger partial charge in [0, 0.05) is 12.7 Å². The molecule has 0 aliphatic heterocycles. The van der Waals surface area contributed by atoms with Crippen LogP contribution in [0.25, 0.3) is 0 Å². The van der Waals surface area contributed by atoms with Crippen LogP contribution in [0.5, 0.6) is 0 Å². The predicted molar refractivity (Wildman–Crippen MR) is 83.9 cm³/mol. The van der Waals surface area contributed by atoms with Gasteiger partial charge in [-0.25, -0.2) is 18.1 Å². The van der Waals surface area contributed by atoms with Gasteiger partial charge in [-0.05, 0) is 30.0 Å². The third-order valence-electron chi connectivity index (χ3n) is 3.25. The fourth-order valence-corrected chi connectivity index (χ4v) is 3.51. The molecule has 0 aliphatic rings. The fraction of sp³-hybridized carbons (Fsp3) is 0.267. The van der Waals surface area contributed by atoms with Crippen LogP contribution in [-0.2, 0) is 10.0 Å². The van der Waals surface area contributed by atoms with Crippen molar-refractivity contribution in [3.8, 4) is 0 Å². The van der Waals surface area contributed by atoms with Gasteiger partial charge in [0.25, 0.3) is 0 Å². The maximum absolute atomic E-state index is 12.1. The smallest absolute Gasteiger partial charge is 0.243 e. The molecule has 2 rings (SSSR count). The molecule has 0 amide bonds. The lowest BCUT2D eigenvalue weighted by atomic mass is 9.98. The first-order chi connectivity index (χ1) is 10.0. The summed E-state index contributed by atoms with van der Waals surface area (Å²) in [5, 5.41) is -0.0129. The van der Waals surface area contributed by atoms with Gasteiger partial charge in [0.15, 0.2) is 0 Å². The first-order valence-corrected chi connectivity index (χ1v) is 8.52. The fourth-order valence-electron chi connectivity index (χ4n) is 2.01. The average molecular weight is 325 g/mol. The van der Waals surface area contributed by atoms with E-state index >= 15 is 0 Å². The highest BCUT2D eigenvalue weighted by Crippen LogP contribution is 2.20. The van der Waals surface area contributed by atoms with Crippen molar-refractivity contribution in [1.29, 1.82) is 0 Å². The van der Waals surface area contributed by atoms with Crippen LogP contribution < -0.4 is 4.72 Å². The second-order valence-electron chi connectivity index (χ2n) is 4.79. The van der Waals surface area contributed by atoms with Crippen LogP contribution in [0.1, 0.15) is 24.8 Å². The van der Waals surface area contributed by atoms with Crippen molar-refractivity contribution in [2.45, 2.75) is 24.2 Å². The van der Waals surface area contributed by atoms with Crippen LogP contribution >= 0.6 is 11.6 Å². The number of hydrogen-bond donors (Lipinski definition) is 1. The summed E-state index contributed by atoms with van der Waals surface area (Å²) in [6.07, 6.45) is 2.17. The highest BCUT2D eigenvalue weighted by atomic mass is 35.5. The van der Waals surface area contributed by atoms with E-state index in [1.165, 1.54) is 17.8 Å². The van der Waals surface area contributed by atoms with Gasteiger partial charge in [0.1, 0.15) is 10.0 Å². The molecule has 0 radical (unpaired) electrons. The van der Waals surface area contributed by atoms with Crippen LogP contribution in [0.4, 0.5) is 0 Å². The zero-order chi connectivity index (χ0) is 15.3. The number of hydrogen-bond acceptors (Lipinski definition) is 3. The Morgan fingerprint density at radius 3 is 2.57 bits per heavy atom. The molecule has 0 aliphatic carbocycles. The standard InChI is InChI=1S/C15H17ClN2O2S/c1-12(13-6-3-2-4-7-13)9-11-18-21(19,20)14-8-5-10-17-15(14)16/h2-8,10,12,18H,9,11H2,1H3. The molecular formula is C15H17ClN2O2S. The van der Waals surface area contributed by atoms with Crippen molar-refractivity contribution in [2.75, 3.05) is 6.54 Å². The molecule has 1 unspecified atom stereocenters. The van der Waals surface area contributed by atoms with Gasteiger partial charge in [0.05, 0.1) is 0 Å². The quantitative estimate of drug-likeness (QED) is 0.830. The molecule has 1 aromatic carbocycles. The summed E-state index contributed by atoms with van der Waals surface area (Å²) in [4.78, 5) is 3.80. The van der Waals surface area contributed by atoms with Crippen molar-refractivity contribution in [3.05, 3.63) is 59.4 Å². The van der Waals surface area contributed by atoms with Crippen molar-refractivity contribution in [3.63, 3.8) is 0 Å². The minimum atomic E-state index is -3.61. The molecule has 21 heavy (non-hydrogen) atoms. The Hall–Kier alpha value is -1.43. The third kappa shape index (κ3) is 4.27. The Balaban J connectivity index is 1.96. The molecule has 4 nitrogen and oxygen atoms in total. The zero-order valence-electron chi connectivity index (χ0n) is 11.7. The summed E-state index contributed by atoms with van der Waals surface area (Å²) in [7, 11) is -3.61. The van der Waals surface area contributed by atoms with Gasteiger partial charge in [-0.2, -0.15) is 0 Å². The lowest BCUT2D eigenvalue weighted by molar-refractivity contribution is 0.572. The van der Waals surface area contributed by atoms with Crippen molar-refractivity contribution in [1.82, 2.24) is 9.71 Å². The van der Waals surface area contributed by atoms with Crippen LogP contribution in [0, 0.1) is 0 Å². The minimum Gasteiger partial charge on any atom is -0.243 e. The van der Waals surface area contributed by atoms with E-state index in [0.717, 1.165) is 0 Å². The average Bonchev–Trinajstić information content (AvgIpc) is 2.48. The van der Waals surface area contributed by atoms with Crippen LogP contribution in [0.15, 0.2) is 53.6 Å². The zero-order valence-corrected chi connectivity index (χ0v) is 13.2. The molecule has 1 N–H and O–H groups in total. The van der Waals surface area contributed by atoms with Crippen molar-refractivity contribution < 1.29 is 8.42 Å². The topological polar surface area (TPSA) is 59.1 Å². The molecule has 0 saturated carbocycles. The minimum absolute atomic E-state index is 0.0129. The molecule has 2 aromatic rings. The summed E-state index contributed by atoms with van der Waals surface area (Å²) in [5.41, 5.74) is 1.19. The Morgan fingerprint density at radius 2 is 1.90 bits per heavy atom. The maximum atomic E-state index is 12.1. The van der Waals surface area contributed by atoms with Gasteiger partial charge >= 0.3 is 0 Å². The van der Waals surface area contributed by atoms with E-state index in [9.17, 15) is 8.42 Å². The molecule has 1 aromatic heterocycles. The van der Waals surface area contributed by atoms with Gasteiger partial charge < -0.3 is 0 Å². The maximum Gasteiger partial charge on any atom is 0.243 e. The second kappa shape index (κ2) is 7.02. The summed E-state index contributed by atoms with van der Waals surface area (Å²) >= 11 is 5.82. The van der Waals surface area contributed by atoms with Gasteiger partial charge in [0.2, 0.25) is 10.0 Å². The monoisotopic (exact) mass is 324 g/mol. The number of sulfonamides is 1. The normalized spacial score (nSPS) is 13.0. The number of halogens is 1. The van der Waals surface area contributed by atoms with Crippen LogP contribution in [0.2, 0.25) is 5.15 Å². The van der Waals surface area contributed by atoms with E-state index in [2.05, 4.69) is 16.6 Å². The number of pyridine rings is 1. The van der Waals surface area contributed by atoms with Gasteiger partial charge in [-0.3, -0.25) is 0 Å². The van der Waals surface area contributed by atoms with E-state index in [1.54, 1.807) is 6.07 Å². The number of aromatic nitrogens is 1. The molecule has 0 fully saturated rings. The number of benzene rings is 1. The second-order valence-corrected chi connectivity index (χ2v) is 6.88. The van der Waals surface area contributed by atoms with E-state index in [4.69, 9.17) is 11.6 Å². The first-order valence-electron chi connectivity index (χ1n) is 6.66. The summed E-state index contributed by atoms with van der Waals surface area (Å²) in [6, 6.07) is 13.0. The third-order valence-corrected chi connectivity index (χ3v) is 5.16. The van der Waals surface area contributed by atoms with Crippen molar-refractivity contribution >= 4 is 21.6 Å².